The lowest BCUT2D eigenvalue weighted by molar-refractivity contribution is -0.115. The van der Waals surface area contributed by atoms with Crippen LogP contribution in [0.4, 0.5) is 0 Å². The van der Waals surface area contributed by atoms with Gasteiger partial charge in [0.05, 0.1) is 14.2 Å². The summed E-state index contributed by atoms with van der Waals surface area (Å²) in [5.41, 5.74) is 1.82. The highest BCUT2D eigenvalue weighted by molar-refractivity contribution is 5.93. The zero-order chi connectivity index (χ0) is 15.1. The lowest BCUT2D eigenvalue weighted by atomic mass is 10.1. The number of hydrogen-bond acceptors (Lipinski definition) is 3. The molecule has 21 heavy (non-hydrogen) atoms. The largest absolute Gasteiger partial charge is 0.493 e. The summed E-state index contributed by atoms with van der Waals surface area (Å²) in [4.78, 5) is 11.8. The van der Waals surface area contributed by atoms with Crippen molar-refractivity contribution in [3.8, 4) is 11.5 Å². The van der Waals surface area contributed by atoms with Gasteiger partial charge in [-0.1, -0.05) is 18.2 Å². The molecule has 0 saturated carbocycles. The predicted octanol–water partition coefficient (Wildman–Crippen LogP) is 3.07. The van der Waals surface area contributed by atoms with Crippen LogP contribution in [0.15, 0.2) is 48.2 Å². The van der Waals surface area contributed by atoms with Gasteiger partial charge in [-0.25, -0.2) is 0 Å². The third kappa shape index (κ3) is 4.24. The van der Waals surface area contributed by atoms with Crippen molar-refractivity contribution in [2.45, 2.75) is 12.8 Å². The first-order valence-electron chi connectivity index (χ1n) is 6.79. The van der Waals surface area contributed by atoms with Crippen LogP contribution in [-0.2, 0) is 4.79 Å². The number of benzene rings is 1. The minimum absolute atomic E-state index is 0.133. The summed E-state index contributed by atoms with van der Waals surface area (Å²) in [5, 5.41) is 2.87. The van der Waals surface area contributed by atoms with E-state index in [4.69, 9.17) is 9.47 Å². The van der Waals surface area contributed by atoms with Gasteiger partial charge in [0.15, 0.2) is 11.5 Å². The third-order valence-electron chi connectivity index (χ3n) is 3.13. The molecule has 2 rings (SSSR count). The summed E-state index contributed by atoms with van der Waals surface area (Å²) >= 11 is 0. The van der Waals surface area contributed by atoms with Crippen molar-refractivity contribution >= 4 is 12.0 Å². The first kappa shape index (κ1) is 14.9. The number of nitrogens with one attached hydrogen (secondary N) is 1. The number of ether oxygens (including phenoxy) is 2. The Morgan fingerprint density at radius 3 is 2.71 bits per heavy atom. The monoisotopic (exact) mass is 285 g/mol. The van der Waals surface area contributed by atoms with Crippen LogP contribution in [0.3, 0.4) is 0 Å². The fraction of sp³-hybridized carbons (Fsp3) is 0.235. The van der Waals surface area contributed by atoms with Crippen molar-refractivity contribution in [3.05, 3.63) is 53.8 Å². The standard InChI is InChI=1S/C17H19NO3/c1-20-15-10-8-13(12-16(15)21-2)9-11-17(19)18-14-6-4-3-5-7-14/h3-4,6,8-12H,5,7H2,1-2H3,(H,18,19)/b11-9+. The van der Waals surface area contributed by atoms with E-state index in [1.807, 2.05) is 30.4 Å². The highest BCUT2D eigenvalue weighted by Crippen LogP contribution is 2.27. The molecule has 1 amide bonds. The number of amides is 1. The van der Waals surface area contributed by atoms with E-state index in [0.29, 0.717) is 11.5 Å². The van der Waals surface area contributed by atoms with Crippen LogP contribution in [0.25, 0.3) is 6.08 Å². The smallest absolute Gasteiger partial charge is 0.248 e. The van der Waals surface area contributed by atoms with Gasteiger partial charge >= 0.3 is 0 Å². The molecule has 0 aromatic heterocycles. The molecule has 0 spiro atoms. The van der Waals surface area contributed by atoms with Crippen LogP contribution in [0.2, 0.25) is 0 Å². The maximum Gasteiger partial charge on any atom is 0.248 e. The van der Waals surface area contributed by atoms with Crippen molar-refractivity contribution in [1.29, 1.82) is 0 Å². The van der Waals surface area contributed by atoms with E-state index in [9.17, 15) is 4.79 Å². The van der Waals surface area contributed by atoms with Crippen molar-refractivity contribution < 1.29 is 14.3 Å². The molecule has 0 atom stereocenters. The van der Waals surface area contributed by atoms with Crippen LogP contribution < -0.4 is 14.8 Å². The van der Waals surface area contributed by atoms with Gasteiger partial charge in [-0.05, 0) is 42.7 Å². The van der Waals surface area contributed by atoms with E-state index in [0.717, 1.165) is 24.1 Å². The van der Waals surface area contributed by atoms with Gasteiger partial charge in [0.25, 0.3) is 0 Å². The molecule has 1 aromatic rings. The molecule has 4 nitrogen and oxygen atoms in total. The van der Waals surface area contributed by atoms with Gasteiger partial charge < -0.3 is 14.8 Å². The molecule has 1 aliphatic carbocycles. The summed E-state index contributed by atoms with van der Waals surface area (Å²) in [6, 6.07) is 5.50. The normalized spacial score (nSPS) is 13.9. The maximum atomic E-state index is 11.8. The molecule has 1 N–H and O–H groups in total. The molecule has 0 saturated heterocycles. The fourth-order valence-corrected chi connectivity index (χ4v) is 2.04. The second-order valence-corrected chi connectivity index (χ2v) is 4.60. The number of hydrogen-bond donors (Lipinski definition) is 1. The Balaban J connectivity index is 2.01. The Morgan fingerprint density at radius 2 is 2.05 bits per heavy atom. The van der Waals surface area contributed by atoms with Gasteiger partial charge in [0.2, 0.25) is 5.91 Å². The second kappa shape index (κ2) is 7.33. The number of carbonyl (C=O) groups is 1. The molecular formula is C17H19NO3. The first-order chi connectivity index (χ1) is 10.2. The highest BCUT2D eigenvalue weighted by atomic mass is 16.5. The van der Waals surface area contributed by atoms with E-state index in [-0.39, 0.29) is 5.91 Å². The van der Waals surface area contributed by atoms with E-state index in [1.165, 1.54) is 6.08 Å². The van der Waals surface area contributed by atoms with Crippen LogP contribution in [0.1, 0.15) is 18.4 Å². The topological polar surface area (TPSA) is 47.6 Å². The zero-order valence-electron chi connectivity index (χ0n) is 12.3. The Bertz CT molecular complexity index is 600. The van der Waals surface area contributed by atoms with Crippen molar-refractivity contribution in [1.82, 2.24) is 5.32 Å². The molecule has 4 heteroatoms. The molecular weight excluding hydrogens is 266 g/mol. The molecule has 110 valence electrons. The quantitative estimate of drug-likeness (QED) is 0.846. The fourth-order valence-electron chi connectivity index (χ4n) is 2.04. The maximum absolute atomic E-state index is 11.8. The van der Waals surface area contributed by atoms with Crippen LogP contribution in [0.5, 0.6) is 11.5 Å². The summed E-state index contributed by atoms with van der Waals surface area (Å²) in [7, 11) is 3.17. The van der Waals surface area contributed by atoms with Gasteiger partial charge in [-0.3, -0.25) is 4.79 Å². The zero-order valence-corrected chi connectivity index (χ0v) is 12.3. The summed E-state index contributed by atoms with van der Waals surface area (Å²) in [6.45, 7) is 0. The average Bonchev–Trinajstić information content (AvgIpc) is 2.53. The van der Waals surface area contributed by atoms with Gasteiger partial charge in [0, 0.05) is 11.8 Å². The predicted molar refractivity (Wildman–Crippen MR) is 83.2 cm³/mol. The molecule has 0 fully saturated rings. The highest BCUT2D eigenvalue weighted by Gasteiger charge is 2.04. The molecule has 0 aliphatic heterocycles. The number of carbonyl (C=O) groups excluding carboxylic acids is 1. The van der Waals surface area contributed by atoms with Gasteiger partial charge in [-0.2, -0.15) is 0 Å². The van der Waals surface area contributed by atoms with Crippen LogP contribution in [-0.4, -0.2) is 20.1 Å². The van der Waals surface area contributed by atoms with E-state index in [2.05, 4.69) is 11.4 Å². The Labute approximate surface area is 124 Å². The number of methoxy groups -OCH3 is 2. The molecule has 0 radical (unpaired) electrons. The third-order valence-corrected chi connectivity index (χ3v) is 3.13. The molecule has 0 unspecified atom stereocenters. The lowest BCUT2D eigenvalue weighted by Crippen LogP contribution is -2.20. The molecule has 1 aliphatic rings. The van der Waals surface area contributed by atoms with Crippen molar-refractivity contribution in [3.63, 3.8) is 0 Å². The van der Waals surface area contributed by atoms with Gasteiger partial charge in [-0.15, -0.1) is 0 Å². The average molecular weight is 285 g/mol. The SMILES string of the molecule is COc1ccc(/C=C/C(=O)NC2=CC=CCC2)cc1OC. The Morgan fingerprint density at radius 1 is 1.24 bits per heavy atom. The summed E-state index contributed by atoms with van der Waals surface area (Å²) in [6.07, 6.45) is 11.0. The van der Waals surface area contributed by atoms with Crippen LogP contribution in [0, 0.1) is 0 Å². The minimum atomic E-state index is -0.133. The molecule has 0 heterocycles. The second-order valence-electron chi connectivity index (χ2n) is 4.60. The Hall–Kier alpha value is -2.49. The van der Waals surface area contributed by atoms with Gasteiger partial charge in [0.1, 0.15) is 0 Å². The number of allylic oxidation sites excluding steroid dienone is 4. The minimum Gasteiger partial charge on any atom is -0.493 e. The molecule has 1 aromatic carbocycles. The lowest BCUT2D eigenvalue weighted by Gasteiger charge is -2.09. The van der Waals surface area contributed by atoms with E-state index >= 15 is 0 Å². The summed E-state index contributed by atoms with van der Waals surface area (Å²) < 4.78 is 10.4. The summed E-state index contributed by atoms with van der Waals surface area (Å²) in [5.74, 6) is 1.17. The molecule has 0 bridgehead atoms. The number of rotatable bonds is 5. The van der Waals surface area contributed by atoms with E-state index < -0.39 is 0 Å². The van der Waals surface area contributed by atoms with Crippen molar-refractivity contribution in [2.24, 2.45) is 0 Å². The Kier molecular flexibility index (Phi) is 5.21. The first-order valence-corrected chi connectivity index (χ1v) is 6.79. The van der Waals surface area contributed by atoms with Crippen LogP contribution >= 0.6 is 0 Å². The van der Waals surface area contributed by atoms with Crippen molar-refractivity contribution in [2.75, 3.05) is 14.2 Å². The van der Waals surface area contributed by atoms with E-state index in [1.54, 1.807) is 20.3 Å².